The van der Waals surface area contributed by atoms with Gasteiger partial charge in [-0.3, -0.25) is 4.79 Å². The maximum Gasteiger partial charge on any atom is 0.343 e. The number of rotatable bonds is 13. The minimum atomic E-state index is -0.590. The molecule has 3 aromatic carbocycles. The molecule has 0 spiro atoms. The molecule has 0 saturated heterocycles. The SMILES string of the molecule is CCOc1cc(C=NNC(=O)CCCOc2ccc(Cl)cc2Cl)ccc1OC(=O)c1ccc(OC)c(OC)c1. The van der Waals surface area contributed by atoms with E-state index in [1.807, 2.05) is 6.92 Å². The Morgan fingerprint density at radius 2 is 1.62 bits per heavy atom. The molecule has 206 valence electrons. The fourth-order valence-corrected chi connectivity index (χ4v) is 3.78. The summed E-state index contributed by atoms with van der Waals surface area (Å²) in [4.78, 5) is 24.8. The lowest BCUT2D eigenvalue weighted by Gasteiger charge is -2.12. The summed E-state index contributed by atoms with van der Waals surface area (Å²) in [5.41, 5.74) is 3.38. The average Bonchev–Trinajstić information content (AvgIpc) is 2.93. The van der Waals surface area contributed by atoms with Gasteiger partial charge in [0.2, 0.25) is 5.91 Å². The second kappa shape index (κ2) is 14.8. The van der Waals surface area contributed by atoms with Crippen molar-refractivity contribution in [2.24, 2.45) is 5.10 Å². The normalized spacial score (nSPS) is 10.7. The van der Waals surface area contributed by atoms with Crippen molar-refractivity contribution < 1.29 is 33.3 Å². The van der Waals surface area contributed by atoms with Gasteiger partial charge in [0.05, 0.1) is 44.2 Å². The van der Waals surface area contributed by atoms with Gasteiger partial charge in [-0.05, 0) is 73.5 Å². The first kappa shape index (κ1) is 29.6. The molecule has 0 aliphatic heterocycles. The van der Waals surface area contributed by atoms with Crippen molar-refractivity contribution in [3.05, 3.63) is 75.8 Å². The number of methoxy groups -OCH3 is 2. The molecule has 1 N–H and O–H groups in total. The quantitative estimate of drug-likeness (QED) is 0.0885. The molecule has 0 heterocycles. The summed E-state index contributed by atoms with van der Waals surface area (Å²) in [6, 6.07) is 14.6. The van der Waals surface area contributed by atoms with Crippen LogP contribution in [-0.4, -0.2) is 45.5 Å². The van der Waals surface area contributed by atoms with Crippen LogP contribution in [0, 0.1) is 0 Å². The van der Waals surface area contributed by atoms with Gasteiger partial charge in [0.1, 0.15) is 5.75 Å². The Labute approximate surface area is 236 Å². The summed E-state index contributed by atoms with van der Waals surface area (Å²) in [5.74, 6) is 1.12. The van der Waals surface area contributed by atoms with E-state index >= 15 is 0 Å². The first-order valence-corrected chi connectivity index (χ1v) is 12.7. The van der Waals surface area contributed by atoms with Crippen LogP contribution in [0.4, 0.5) is 0 Å². The molecule has 0 atom stereocenters. The van der Waals surface area contributed by atoms with Crippen LogP contribution in [-0.2, 0) is 4.79 Å². The smallest absolute Gasteiger partial charge is 0.343 e. The third-order valence-electron chi connectivity index (χ3n) is 5.19. The molecule has 0 unspecified atom stereocenters. The van der Waals surface area contributed by atoms with Crippen molar-refractivity contribution in [2.45, 2.75) is 19.8 Å². The van der Waals surface area contributed by atoms with E-state index in [0.717, 1.165) is 0 Å². The van der Waals surface area contributed by atoms with Gasteiger partial charge in [0.25, 0.3) is 0 Å². The van der Waals surface area contributed by atoms with Gasteiger partial charge in [0.15, 0.2) is 23.0 Å². The average molecular weight is 575 g/mol. The molecule has 39 heavy (non-hydrogen) atoms. The number of nitrogens with zero attached hydrogens (tertiary/aromatic N) is 1. The van der Waals surface area contributed by atoms with Crippen LogP contribution in [0.1, 0.15) is 35.7 Å². The predicted molar refractivity (Wildman–Crippen MR) is 149 cm³/mol. The summed E-state index contributed by atoms with van der Waals surface area (Å²) >= 11 is 11.9. The van der Waals surface area contributed by atoms with Gasteiger partial charge in [-0.25, -0.2) is 10.2 Å². The molecule has 1 amide bonds. The number of carbonyl (C=O) groups is 2. The highest BCUT2D eigenvalue weighted by Crippen LogP contribution is 2.31. The Hall–Kier alpha value is -3.95. The maximum absolute atomic E-state index is 12.7. The van der Waals surface area contributed by atoms with Gasteiger partial charge < -0.3 is 23.7 Å². The molecule has 3 aromatic rings. The number of benzene rings is 3. The summed E-state index contributed by atoms with van der Waals surface area (Å²) in [6.07, 6.45) is 2.14. The minimum Gasteiger partial charge on any atom is -0.493 e. The fraction of sp³-hybridized carbons (Fsp3) is 0.250. The number of hydrazone groups is 1. The molecular formula is C28H28Cl2N2O7. The molecule has 0 saturated carbocycles. The lowest BCUT2D eigenvalue weighted by molar-refractivity contribution is -0.121. The second-order valence-corrected chi connectivity index (χ2v) is 8.76. The van der Waals surface area contributed by atoms with E-state index in [2.05, 4.69) is 10.5 Å². The van der Waals surface area contributed by atoms with E-state index in [-0.39, 0.29) is 23.6 Å². The van der Waals surface area contributed by atoms with Crippen molar-refractivity contribution in [3.63, 3.8) is 0 Å². The van der Waals surface area contributed by atoms with Crippen LogP contribution >= 0.6 is 23.2 Å². The molecular weight excluding hydrogens is 547 g/mol. The monoisotopic (exact) mass is 574 g/mol. The van der Waals surface area contributed by atoms with Gasteiger partial charge in [-0.2, -0.15) is 5.10 Å². The zero-order valence-electron chi connectivity index (χ0n) is 21.7. The van der Waals surface area contributed by atoms with E-state index in [9.17, 15) is 9.59 Å². The van der Waals surface area contributed by atoms with E-state index in [1.165, 1.54) is 26.5 Å². The van der Waals surface area contributed by atoms with Crippen molar-refractivity contribution in [1.29, 1.82) is 0 Å². The third-order valence-corrected chi connectivity index (χ3v) is 5.72. The Morgan fingerprint density at radius 1 is 0.872 bits per heavy atom. The number of carbonyl (C=O) groups excluding carboxylic acids is 2. The fourth-order valence-electron chi connectivity index (χ4n) is 3.32. The largest absolute Gasteiger partial charge is 0.493 e. The lowest BCUT2D eigenvalue weighted by Crippen LogP contribution is -2.18. The van der Waals surface area contributed by atoms with Crippen LogP contribution in [0.5, 0.6) is 28.7 Å². The number of esters is 1. The Morgan fingerprint density at radius 3 is 2.33 bits per heavy atom. The minimum absolute atomic E-state index is 0.206. The number of hydrogen-bond acceptors (Lipinski definition) is 8. The van der Waals surface area contributed by atoms with E-state index in [0.29, 0.717) is 58.2 Å². The molecule has 9 nitrogen and oxygen atoms in total. The number of halogens is 2. The van der Waals surface area contributed by atoms with Crippen molar-refractivity contribution >= 4 is 41.3 Å². The number of hydrogen-bond donors (Lipinski definition) is 1. The number of nitrogens with one attached hydrogen (secondary N) is 1. The molecule has 0 radical (unpaired) electrons. The van der Waals surface area contributed by atoms with Crippen LogP contribution in [0.25, 0.3) is 0 Å². The first-order chi connectivity index (χ1) is 18.8. The predicted octanol–water partition coefficient (Wildman–Crippen LogP) is 5.94. The van der Waals surface area contributed by atoms with E-state index in [1.54, 1.807) is 48.5 Å². The van der Waals surface area contributed by atoms with Crippen LogP contribution in [0.3, 0.4) is 0 Å². The van der Waals surface area contributed by atoms with Gasteiger partial charge in [-0.1, -0.05) is 23.2 Å². The lowest BCUT2D eigenvalue weighted by atomic mass is 10.2. The highest BCUT2D eigenvalue weighted by Gasteiger charge is 2.16. The highest BCUT2D eigenvalue weighted by molar-refractivity contribution is 6.35. The van der Waals surface area contributed by atoms with Gasteiger partial charge in [0, 0.05) is 11.4 Å². The number of ether oxygens (including phenoxy) is 5. The Kier molecular flexibility index (Phi) is 11.3. The Bertz CT molecular complexity index is 1330. The molecule has 0 aromatic heterocycles. The summed E-state index contributed by atoms with van der Waals surface area (Å²) in [6.45, 7) is 2.47. The molecule has 0 aliphatic rings. The highest BCUT2D eigenvalue weighted by atomic mass is 35.5. The molecule has 3 rings (SSSR count). The molecule has 0 fully saturated rings. The summed E-state index contributed by atoms with van der Waals surface area (Å²) in [5, 5.41) is 4.91. The van der Waals surface area contributed by atoms with Crippen molar-refractivity contribution in [2.75, 3.05) is 27.4 Å². The zero-order valence-corrected chi connectivity index (χ0v) is 23.2. The van der Waals surface area contributed by atoms with Crippen LogP contribution in [0.15, 0.2) is 59.7 Å². The summed E-state index contributed by atoms with van der Waals surface area (Å²) < 4.78 is 27.2. The van der Waals surface area contributed by atoms with Crippen LogP contribution in [0.2, 0.25) is 10.0 Å². The van der Waals surface area contributed by atoms with Gasteiger partial charge in [-0.15, -0.1) is 0 Å². The maximum atomic E-state index is 12.7. The number of amides is 1. The van der Waals surface area contributed by atoms with E-state index in [4.69, 9.17) is 46.9 Å². The first-order valence-electron chi connectivity index (χ1n) is 12.0. The molecule has 11 heteroatoms. The molecule has 0 bridgehead atoms. The zero-order chi connectivity index (χ0) is 28.2. The Balaban J connectivity index is 1.54. The van der Waals surface area contributed by atoms with Crippen LogP contribution < -0.4 is 29.1 Å². The topological polar surface area (TPSA) is 105 Å². The van der Waals surface area contributed by atoms with Gasteiger partial charge >= 0.3 is 5.97 Å². The molecule has 0 aliphatic carbocycles. The standard InChI is InChI=1S/C28H28Cl2N2O7/c1-4-37-26-14-18(7-10-24(26)39-28(34)19-8-11-23(35-2)25(15-19)36-3)17-31-32-27(33)6-5-13-38-22-12-9-20(29)16-21(22)30/h7-12,14-17H,4-6,13H2,1-3H3,(H,32,33). The summed E-state index contributed by atoms with van der Waals surface area (Å²) in [7, 11) is 2.99. The third kappa shape index (κ3) is 8.80. The van der Waals surface area contributed by atoms with E-state index < -0.39 is 5.97 Å². The second-order valence-electron chi connectivity index (χ2n) is 7.92. The van der Waals surface area contributed by atoms with Crippen molar-refractivity contribution in [1.82, 2.24) is 5.43 Å². The van der Waals surface area contributed by atoms with Crippen molar-refractivity contribution in [3.8, 4) is 28.7 Å².